The van der Waals surface area contributed by atoms with Crippen LogP contribution in [0.3, 0.4) is 0 Å². The van der Waals surface area contributed by atoms with Gasteiger partial charge in [-0.3, -0.25) is 9.69 Å². The summed E-state index contributed by atoms with van der Waals surface area (Å²) in [5.74, 6) is 0.823. The number of para-hydroxylation sites is 1. The van der Waals surface area contributed by atoms with Gasteiger partial charge in [0.2, 0.25) is 0 Å². The molecular weight excluding hydrogens is 240 g/mol. The molecule has 0 bridgehead atoms. The van der Waals surface area contributed by atoms with E-state index >= 15 is 0 Å². The fraction of sp³-hybridized carbons (Fsp3) is 0.533. The van der Waals surface area contributed by atoms with E-state index in [1.807, 2.05) is 24.3 Å². The fourth-order valence-electron chi connectivity index (χ4n) is 2.51. The number of ketones is 1. The normalized spacial score (nSPS) is 18.0. The number of ether oxygens (including phenoxy) is 1. The Labute approximate surface area is 114 Å². The van der Waals surface area contributed by atoms with Crippen molar-refractivity contribution in [3.8, 4) is 5.75 Å². The van der Waals surface area contributed by atoms with Crippen molar-refractivity contribution in [1.82, 2.24) is 10.2 Å². The van der Waals surface area contributed by atoms with E-state index in [1.54, 1.807) is 7.11 Å². The predicted molar refractivity (Wildman–Crippen MR) is 75.8 cm³/mol. The van der Waals surface area contributed by atoms with E-state index in [0.717, 1.165) is 26.2 Å². The number of piperazine rings is 1. The Balaban J connectivity index is 1.99. The van der Waals surface area contributed by atoms with Crippen LogP contribution in [-0.4, -0.2) is 50.0 Å². The minimum atomic E-state index is 0.156. The lowest BCUT2D eigenvalue weighted by Gasteiger charge is -2.32. The van der Waals surface area contributed by atoms with Crippen LogP contribution >= 0.6 is 0 Å². The number of hydrogen-bond acceptors (Lipinski definition) is 4. The molecule has 1 aliphatic heterocycles. The topological polar surface area (TPSA) is 41.6 Å². The van der Waals surface area contributed by atoms with Gasteiger partial charge in [-0.25, -0.2) is 0 Å². The van der Waals surface area contributed by atoms with Gasteiger partial charge in [0.25, 0.3) is 0 Å². The maximum absolute atomic E-state index is 12.4. The van der Waals surface area contributed by atoms with E-state index in [1.165, 1.54) is 0 Å². The maximum atomic E-state index is 12.4. The van der Waals surface area contributed by atoms with Gasteiger partial charge in [0.15, 0.2) is 5.78 Å². The standard InChI is InChI=1S/C15H22N2O2/c1-12(17-9-7-16-8-10-17)11-14(18)13-5-3-4-6-15(13)19-2/h3-6,12,16H,7-11H2,1-2H3. The van der Waals surface area contributed by atoms with E-state index < -0.39 is 0 Å². The van der Waals surface area contributed by atoms with E-state index in [9.17, 15) is 4.79 Å². The Hall–Kier alpha value is -1.39. The highest BCUT2D eigenvalue weighted by Gasteiger charge is 2.21. The zero-order chi connectivity index (χ0) is 13.7. The van der Waals surface area contributed by atoms with Crippen molar-refractivity contribution in [1.29, 1.82) is 0 Å². The highest BCUT2D eigenvalue weighted by Crippen LogP contribution is 2.20. The summed E-state index contributed by atoms with van der Waals surface area (Å²) in [5, 5.41) is 3.33. The summed E-state index contributed by atoms with van der Waals surface area (Å²) >= 11 is 0. The van der Waals surface area contributed by atoms with Gasteiger partial charge in [0.05, 0.1) is 12.7 Å². The number of carbonyl (C=O) groups is 1. The van der Waals surface area contributed by atoms with E-state index in [-0.39, 0.29) is 11.8 Å². The second kappa shape index (κ2) is 6.68. The summed E-state index contributed by atoms with van der Waals surface area (Å²) < 4.78 is 5.25. The number of Topliss-reactive ketones (excluding diaryl/α,β-unsaturated/α-hetero) is 1. The molecule has 1 N–H and O–H groups in total. The molecule has 1 aromatic carbocycles. The number of rotatable bonds is 5. The highest BCUT2D eigenvalue weighted by atomic mass is 16.5. The van der Waals surface area contributed by atoms with Gasteiger partial charge in [-0.15, -0.1) is 0 Å². The molecule has 1 aromatic rings. The van der Waals surface area contributed by atoms with Crippen LogP contribution in [-0.2, 0) is 0 Å². The second-order valence-electron chi connectivity index (χ2n) is 4.96. The number of nitrogens with zero attached hydrogens (tertiary/aromatic N) is 1. The zero-order valence-corrected chi connectivity index (χ0v) is 11.7. The van der Waals surface area contributed by atoms with Crippen LogP contribution in [0, 0.1) is 0 Å². The molecule has 0 saturated carbocycles. The third-order valence-corrected chi connectivity index (χ3v) is 3.66. The largest absolute Gasteiger partial charge is 0.496 e. The van der Waals surface area contributed by atoms with Gasteiger partial charge < -0.3 is 10.1 Å². The van der Waals surface area contributed by atoms with Gasteiger partial charge >= 0.3 is 0 Å². The quantitative estimate of drug-likeness (QED) is 0.818. The summed E-state index contributed by atoms with van der Waals surface area (Å²) in [6.45, 7) is 6.17. The van der Waals surface area contributed by atoms with Crippen molar-refractivity contribution in [2.24, 2.45) is 0 Å². The molecule has 0 spiro atoms. The molecule has 1 heterocycles. The third-order valence-electron chi connectivity index (χ3n) is 3.66. The first-order valence-corrected chi connectivity index (χ1v) is 6.83. The Morgan fingerprint density at radius 3 is 2.74 bits per heavy atom. The lowest BCUT2D eigenvalue weighted by Crippen LogP contribution is -2.48. The Morgan fingerprint density at radius 2 is 2.05 bits per heavy atom. The van der Waals surface area contributed by atoms with Crippen LogP contribution in [0.2, 0.25) is 0 Å². The molecule has 1 atom stereocenters. The first-order chi connectivity index (χ1) is 9.22. The monoisotopic (exact) mass is 262 g/mol. The average Bonchev–Trinajstić information content (AvgIpc) is 2.48. The van der Waals surface area contributed by atoms with Gasteiger partial charge in [-0.1, -0.05) is 12.1 Å². The lowest BCUT2D eigenvalue weighted by atomic mass is 10.0. The molecule has 0 radical (unpaired) electrons. The van der Waals surface area contributed by atoms with Crippen molar-refractivity contribution in [3.63, 3.8) is 0 Å². The summed E-state index contributed by atoms with van der Waals surface area (Å²) in [6, 6.07) is 7.72. The number of benzene rings is 1. The van der Waals surface area contributed by atoms with Crippen molar-refractivity contribution in [3.05, 3.63) is 29.8 Å². The number of methoxy groups -OCH3 is 1. The molecule has 1 saturated heterocycles. The van der Waals surface area contributed by atoms with E-state index in [2.05, 4.69) is 17.1 Å². The molecule has 4 nitrogen and oxygen atoms in total. The van der Waals surface area contributed by atoms with Gasteiger partial charge in [-0.05, 0) is 19.1 Å². The van der Waals surface area contributed by atoms with Crippen LogP contribution in [0.15, 0.2) is 24.3 Å². The molecule has 0 aliphatic carbocycles. The van der Waals surface area contributed by atoms with Crippen LogP contribution < -0.4 is 10.1 Å². The Morgan fingerprint density at radius 1 is 1.37 bits per heavy atom. The van der Waals surface area contributed by atoms with Crippen molar-refractivity contribution >= 4 is 5.78 Å². The minimum Gasteiger partial charge on any atom is -0.496 e. The molecule has 0 amide bonds. The van der Waals surface area contributed by atoms with Crippen LogP contribution in [0.5, 0.6) is 5.75 Å². The number of hydrogen-bond donors (Lipinski definition) is 1. The summed E-state index contributed by atoms with van der Waals surface area (Å²) in [6.07, 6.45) is 0.542. The van der Waals surface area contributed by atoms with Crippen LogP contribution in [0.4, 0.5) is 0 Å². The summed E-state index contributed by atoms with van der Waals surface area (Å²) in [4.78, 5) is 14.7. The molecule has 4 heteroatoms. The smallest absolute Gasteiger partial charge is 0.168 e. The summed E-state index contributed by atoms with van der Waals surface area (Å²) in [5.41, 5.74) is 0.687. The number of nitrogens with one attached hydrogen (secondary N) is 1. The molecular formula is C15H22N2O2. The number of carbonyl (C=O) groups excluding carboxylic acids is 1. The summed E-state index contributed by atoms with van der Waals surface area (Å²) in [7, 11) is 1.60. The Kier molecular flexibility index (Phi) is 4.93. The fourth-order valence-corrected chi connectivity index (χ4v) is 2.51. The first-order valence-electron chi connectivity index (χ1n) is 6.83. The first kappa shape index (κ1) is 14.0. The molecule has 2 rings (SSSR count). The maximum Gasteiger partial charge on any atom is 0.168 e. The Bertz CT molecular complexity index is 428. The molecule has 1 aliphatic rings. The van der Waals surface area contributed by atoms with Crippen LogP contribution in [0.1, 0.15) is 23.7 Å². The molecule has 1 unspecified atom stereocenters. The van der Waals surface area contributed by atoms with Crippen molar-refractivity contribution in [2.75, 3.05) is 33.3 Å². The molecule has 0 aromatic heterocycles. The zero-order valence-electron chi connectivity index (χ0n) is 11.7. The molecule has 104 valence electrons. The minimum absolute atomic E-state index is 0.156. The van der Waals surface area contributed by atoms with Gasteiger partial charge in [-0.2, -0.15) is 0 Å². The van der Waals surface area contributed by atoms with Crippen molar-refractivity contribution < 1.29 is 9.53 Å². The van der Waals surface area contributed by atoms with E-state index in [0.29, 0.717) is 17.7 Å². The van der Waals surface area contributed by atoms with Crippen LogP contribution in [0.25, 0.3) is 0 Å². The SMILES string of the molecule is COc1ccccc1C(=O)CC(C)N1CCNCC1. The van der Waals surface area contributed by atoms with Gasteiger partial charge in [0, 0.05) is 38.6 Å². The van der Waals surface area contributed by atoms with E-state index in [4.69, 9.17) is 4.74 Å². The second-order valence-corrected chi connectivity index (χ2v) is 4.96. The molecule has 1 fully saturated rings. The molecule has 19 heavy (non-hydrogen) atoms. The predicted octanol–water partition coefficient (Wildman–Crippen LogP) is 1.56. The highest BCUT2D eigenvalue weighted by molar-refractivity contribution is 5.98. The third kappa shape index (κ3) is 3.55. The van der Waals surface area contributed by atoms with Crippen molar-refractivity contribution in [2.45, 2.75) is 19.4 Å². The lowest BCUT2D eigenvalue weighted by molar-refractivity contribution is 0.0915. The average molecular weight is 262 g/mol. The van der Waals surface area contributed by atoms with Gasteiger partial charge in [0.1, 0.15) is 5.75 Å².